The molecule has 1 heterocycles. The maximum absolute atomic E-state index is 12.9. The van der Waals surface area contributed by atoms with Gasteiger partial charge in [0.2, 0.25) is 11.7 Å². The quantitative estimate of drug-likeness (QED) is 0.602. The predicted molar refractivity (Wildman–Crippen MR) is 104 cm³/mol. The van der Waals surface area contributed by atoms with E-state index in [0.717, 1.165) is 30.7 Å². The lowest BCUT2D eigenvalue weighted by atomic mass is 9.49. The number of hydrogen-bond donors (Lipinski definition) is 1. The van der Waals surface area contributed by atoms with Crippen LogP contribution in [0.25, 0.3) is 0 Å². The van der Waals surface area contributed by atoms with Crippen molar-refractivity contribution in [3.8, 4) is 0 Å². The lowest BCUT2D eigenvalue weighted by Crippen LogP contribution is -2.54. The monoisotopic (exact) mass is 386 g/mol. The molecule has 0 radical (unpaired) electrons. The number of nitrogens with one attached hydrogen (secondary N) is 1. The maximum atomic E-state index is 12.9. The molecule has 1 aromatic rings. The maximum Gasteiger partial charge on any atom is 0.325 e. The Bertz CT molecular complexity index is 787. The number of aryl methyl sites for hydroxylation is 1. The first-order valence-corrected chi connectivity index (χ1v) is 10.4. The Kier molecular flexibility index (Phi) is 4.84. The highest BCUT2D eigenvalue weighted by molar-refractivity contribution is 5.99. The lowest BCUT2D eigenvalue weighted by molar-refractivity contribution is -0.150. The Hall–Kier alpha value is -2.11. The zero-order chi connectivity index (χ0) is 20.1. The summed E-state index contributed by atoms with van der Waals surface area (Å²) in [6.07, 6.45) is 6.71. The van der Waals surface area contributed by atoms with Gasteiger partial charge >= 0.3 is 5.97 Å². The summed E-state index contributed by atoms with van der Waals surface area (Å²) in [4.78, 5) is 37.3. The first kappa shape index (κ1) is 19.2. The van der Waals surface area contributed by atoms with Crippen LogP contribution in [0.4, 0.5) is 0 Å². The van der Waals surface area contributed by atoms with Crippen LogP contribution in [0.2, 0.25) is 0 Å². The number of amides is 1. The van der Waals surface area contributed by atoms with E-state index in [0.29, 0.717) is 23.3 Å². The van der Waals surface area contributed by atoms with Gasteiger partial charge < -0.3 is 14.6 Å². The third kappa shape index (κ3) is 3.38. The molecule has 4 bridgehead atoms. The average Bonchev–Trinajstić information content (AvgIpc) is 2.90. The van der Waals surface area contributed by atoms with Gasteiger partial charge in [0.25, 0.3) is 0 Å². The van der Waals surface area contributed by atoms with Crippen LogP contribution >= 0.6 is 0 Å². The van der Waals surface area contributed by atoms with Crippen molar-refractivity contribution in [1.82, 2.24) is 9.88 Å². The van der Waals surface area contributed by atoms with Crippen LogP contribution in [0.1, 0.15) is 60.3 Å². The molecule has 4 aliphatic rings. The third-order valence-corrected chi connectivity index (χ3v) is 7.35. The topological polar surface area (TPSA) is 77.4 Å². The van der Waals surface area contributed by atoms with Gasteiger partial charge in [0.15, 0.2) is 6.61 Å². The van der Waals surface area contributed by atoms with Crippen LogP contribution in [0.3, 0.4) is 0 Å². The molecule has 0 spiro atoms. The molecule has 1 N–H and O–H groups in total. The standard InChI is InChI=1S/C22H30N2O4/c1-13-4-18(14(2)24(13)3)19(25)12-28-20(26)11-23-21(27)22-8-15-5-16(9-22)7-17(6-15)10-22/h4,15-17H,5-12H2,1-3H3,(H,23,27). The van der Waals surface area contributed by atoms with Gasteiger partial charge in [-0.3, -0.25) is 14.4 Å². The number of aromatic nitrogens is 1. The summed E-state index contributed by atoms with van der Waals surface area (Å²) in [7, 11) is 1.90. The van der Waals surface area contributed by atoms with Gasteiger partial charge in [-0.2, -0.15) is 0 Å². The number of hydrogen-bond acceptors (Lipinski definition) is 4. The van der Waals surface area contributed by atoms with Gasteiger partial charge in [0.05, 0.1) is 0 Å². The predicted octanol–water partition coefficient (Wildman–Crippen LogP) is 2.70. The second-order valence-corrected chi connectivity index (χ2v) is 9.31. The van der Waals surface area contributed by atoms with Crippen LogP contribution in [0, 0.1) is 37.0 Å². The summed E-state index contributed by atoms with van der Waals surface area (Å²) in [5.41, 5.74) is 2.14. The van der Waals surface area contributed by atoms with Gasteiger partial charge in [0, 0.05) is 29.4 Å². The highest BCUT2D eigenvalue weighted by atomic mass is 16.5. The van der Waals surface area contributed by atoms with Gasteiger partial charge in [-0.25, -0.2) is 0 Å². The van der Waals surface area contributed by atoms with Crippen molar-refractivity contribution in [3.63, 3.8) is 0 Å². The number of carbonyl (C=O) groups is 3. The SMILES string of the molecule is Cc1cc(C(=O)COC(=O)CNC(=O)C23CC4CC(CC(C4)C2)C3)c(C)n1C. The molecule has 1 amide bonds. The van der Waals surface area contributed by atoms with E-state index >= 15 is 0 Å². The molecule has 0 unspecified atom stereocenters. The van der Waals surface area contributed by atoms with Gasteiger partial charge in [-0.05, 0) is 76.2 Å². The minimum absolute atomic E-state index is 0.00408. The Morgan fingerprint density at radius 3 is 2.18 bits per heavy atom. The van der Waals surface area contributed by atoms with Crippen LogP contribution in [0.5, 0.6) is 0 Å². The minimum atomic E-state index is -0.559. The van der Waals surface area contributed by atoms with Crippen molar-refractivity contribution < 1.29 is 19.1 Å². The second kappa shape index (κ2) is 7.05. The van der Waals surface area contributed by atoms with Gasteiger partial charge in [-0.1, -0.05) is 0 Å². The van der Waals surface area contributed by atoms with Crippen molar-refractivity contribution in [3.05, 3.63) is 23.0 Å². The zero-order valence-electron chi connectivity index (χ0n) is 17.0. The van der Waals surface area contributed by atoms with E-state index in [9.17, 15) is 14.4 Å². The molecule has 0 aromatic carbocycles. The first-order chi connectivity index (χ1) is 13.3. The fraction of sp³-hybridized carbons (Fsp3) is 0.682. The number of Topliss-reactive ketones (excluding diaryl/α,β-unsaturated/α-hetero) is 1. The molecular weight excluding hydrogens is 356 g/mol. The zero-order valence-corrected chi connectivity index (χ0v) is 17.0. The molecule has 0 saturated heterocycles. The second-order valence-electron chi connectivity index (χ2n) is 9.31. The molecule has 0 atom stereocenters. The molecule has 1 aromatic heterocycles. The largest absolute Gasteiger partial charge is 0.456 e. The summed E-state index contributed by atoms with van der Waals surface area (Å²) in [5.74, 6) is 1.26. The Morgan fingerprint density at radius 2 is 1.68 bits per heavy atom. The molecule has 4 saturated carbocycles. The molecule has 4 aliphatic carbocycles. The molecule has 6 nitrogen and oxygen atoms in total. The van der Waals surface area contributed by atoms with Crippen LogP contribution in [-0.2, 0) is 21.4 Å². The number of esters is 1. The van der Waals surface area contributed by atoms with E-state index in [1.54, 1.807) is 6.07 Å². The molecule has 0 aliphatic heterocycles. The van der Waals surface area contributed by atoms with Crippen molar-refractivity contribution in [1.29, 1.82) is 0 Å². The molecule has 5 rings (SSSR count). The molecule has 4 fully saturated rings. The number of rotatable bonds is 6. The molecular formula is C22H30N2O4. The smallest absolute Gasteiger partial charge is 0.325 e. The molecule has 6 heteroatoms. The lowest BCUT2D eigenvalue weighted by Gasteiger charge is -2.55. The first-order valence-electron chi connectivity index (χ1n) is 10.4. The Balaban J connectivity index is 1.27. The fourth-order valence-electron chi connectivity index (χ4n) is 6.14. The number of carbonyl (C=O) groups excluding carboxylic acids is 3. The fourth-order valence-corrected chi connectivity index (χ4v) is 6.14. The summed E-state index contributed by atoms with van der Waals surface area (Å²) in [6.45, 7) is 3.33. The highest BCUT2D eigenvalue weighted by Gasteiger charge is 2.54. The third-order valence-electron chi connectivity index (χ3n) is 7.35. The number of ketones is 1. The summed E-state index contributed by atoms with van der Waals surface area (Å²) < 4.78 is 7.05. The van der Waals surface area contributed by atoms with E-state index in [1.165, 1.54) is 19.3 Å². The van der Waals surface area contributed by atoms with Crippen molar-refractivity contribution in [2.24, 2.45) is 30.2 Å². The van der Waals surface area contributed by atoms with E-state index in [1.807, 2.05) is 25.5 Å². The number of ether oxygens (including phenoxy) is 1. The van der Waals surface area contributed by atoms with Gasteiger partial charge in [0.1, 0.15) is 6.54 Å². The Morgan fingerprint density at radius 1 is 1.11 bits per heavy atom. The minimum Gasteiger partial charge on any atom is -0.456 e. The van der Waals surface area contributed by atoms with Crippen LogP contribution in [-0.4, -0.2) is 35.4 Å². The van der Waals surface area contributed by atoms with Crippen LogP contribution in [0.15, 0.2) is 6.07 Å². The summed E-state index contributed by atoms with van der Waals surface area (Å²) in [6, 6.07) is 1.81. The number of nitrogens with zero attached hydrogens (tertiary/aromatic N) is 1. The van der Waals surface area contributed by atoms with Crippen molar-refractivity contribution >= 4 is 17.7 Å². The van der Waals surface area contributed by atoms with Crippen molar-refractivity contribution in [2.45, 2.75) is 52.4 Å². The summed E-state index contributed by atoms with van der Waals surface area (Å²) in [5, 5.41) is 2.80. The highest BCUT2D eigenvalue weighted by Crippen LogP contribution is 2.60. The van der Waals surface area contributed by atoms with E-state index < -0.39 is 5.97 Å². The molecule has 28 heavy (non-hydrogen) atoms. The van der Waals surface area contributed by atoms with Gasteiger partial charge in [-0.15, -0.1) is 0 Å². The van der Waals surface area contributed by atoms with E-state index in [-0.39, 0.29) is 30.3 Å². The molecule has 152 valence electrons. The van der Waals surface area contributed by atoms with E-state index in [2.05, 4.69) is 5.32 Å². The van der Waals surface area contributed by atoms with Crippen LogP contribution < -0.4 is 5.32 Å². The normalized spacial score (nSPS) is 30.3. The Labute approximate surface area is 166 Å². The summed E-state index contributed by atoms with van der Waals surface area (Å²) >= 11 is 0. The van der Waals surface area contributed by atoms with E-state index in [4.69, 9.17) is 4.74 Å². The van der Waals surface area contributed by atoms with Crippen molar-refractivity contribution in [2.75, 3.05) is 13.2 Å². The average molecular weight is 386 g/mol.